The van der Waals surface area contributed by atoms with Crippen LogP contribution in [0.4, 0.5) is 9.59 Å². The smallest absolute Gasteiger partial charge is 0.407 e. The first kappa shape index (κ1) is 36.9. The standard InChI is InChI=1S/C34H44N10O6S2/c1-17(2)25(41-33(47)50-6)31(45)43-11-7-9-21(43)27-35-13-19(39-27)23-15-37-29(51-23)30-38-16-24(52-30)20-14-36-28(40-20)22-10-8-12-44(22)32(46)26(18(3)4)42(5)34(48)49/h13-18,21-22,25-26H,7-12H2,1-6H3,(H,35,39)(H,36,40)(H,41,47)(H,48,49)/t21-,22-,25+,26+/m0/s1. The van der Waals surface area contributed by atoms with E-state index in [2.05, 4.69) is 25.3 Å². The summed E-state index contributed by atoms with van der Waals surface area (Å²) in [4.78, 5) is 82.5. The molecule has 2 fully saturated rings. The Bertz CT molecular complexity index is 1920. The molecule has 0 saturated carbocycles. The number of methoxy groups -OCH3 is 1. The van der Waals surface area contributed by atoms with Gasteiger partial charge in [-0.3, -0.25) is 14.5 Å². The summed E-state index contributed by atoms with van der Waals surface area (Å²) in [5.41, 5.74) is 1.41. The van der Waals surface area contributed by atoms with Crippen LogP contribution in [0, 0.1) is 11.8 Å². The number of H-pyrrole nitrogens is 2. The van der Waals surface area contributed by atoms with E-state index in [1.807, 2.05) is 33.9 Å². The van der Waals surface area contributed by atoms with Crippen molar-refractivity contribution in [2.75, 3.05) is 27.2 Å². The first-order valence-corrected chi connectivity index (χ1v) is 19.0. The third-order valence-corrected chi connectivity index (χ3v) is 11.8. The van der Waals surface area contributed by atoms with Gasteiger partial charge >= 0.3 is 12.2 Å². The number of aromatic nitrogens is 6. The topological polar surface area (TPSA) is 203 Å². The minimum Gasteiger partial charge on any atom is -0.465 e. The molecule has 4 aromatic rings. The van der Waals surface area contributed by atoms with Crippen molar-refractivity contribution in [3.63, 3.8) is 0 Å². The van der Waals surface area contributed by atoms with Gasteiger partial charge in [-0.25, -0.2) is 29.5 Å². The second kappa shape index (κ2) is 15.4. The lowest BCUT2D eigenvalue weighted by molar-refractivity contribution is -0.138. The Balaban J connectivity index is 1.14. The van der Waals surface area contributed by atoms with Crippen molar-refractivity contribution < 1.29 is 29.0 Å². The van der Waals surface area contributed by atoms with Crippen molar-refractivity contribution in [2.24, 2.45) is 11.8 Å². The van der Waals surface area contributed by atoms with E-state index in [4.69, 9.17) is 14.7 Å². The van der Waals surface area contributed by atoms with Gasteiger partial charge in [0.05, 0.1) is 28.9 Å². The summed E-state index contributed by atoms with van der Waals surface area (Å²) < 4.78 is 4.74. The first-order chi connectivity index (χ1) is 24.9. The van der Waals surface area contributed by atoms with E-state index in [0.29, 0.717) is 36.1 Å². The number of likely N-dealkylation sites (tertiary alicyclic amines) is 2. The predicted octanol–water partition coefficient (Wildman–Crippen LogP) is 5.39. The normalized spacial score (nSPS) is 18.6. The molecule has 2 saturated heterocycles. The van der Waals surface area contributed by atoms with Crippen LogP contribution in [-0.2, 0) is 14.3 Å². The molecule has 0 aromatic carbocycles. The molecular weight excluding hydrogens is 709 g/mol. The lowest BCUT2D eigenvalue weighted by atomic mass is 10.0. The van der Waals surface area contributed by atoms with Crippen molar-refractivity contribution >= 4 is 46.7 Å². The highest BCUT2D eigenvalue weighted by atomic mass is 32.1. The molecule has 0 spiro atoms. The first-order valence-electron chi connectivity index (χ1n) is 17.3. The third-order valence-electron chi connectivity index (χ3n) is 9.59. The number of alkyl carbamates (subject to hydrolysis) is 1. The molecule has 52 heavy (non-hydrogen) atoms. The Morgan fingerprint density at radius 2 is 1.37 bits per heavy atom. The average Bonchev–Trinajstić information content (AvgIpc) is 3.96. The molecule has 278 valence electrons. The maximum absolute atomic E-state index is 13.6. The molecule has 6 heterocycles. The van der Waals surface area contributed by atoms with Crippen molar-refractivity contribution in [1.29, 1.82) is 0 Å². The van der Waals surface area contributed by atoms with E-state index < -0.39 is 24.3 Å². The van der Waals surface area contributed by atoms with E-state index in [9.17, 15) is 24.3 Å². The molecule has 4 aromatic heterocycles. The fraction of sp³-hybridized carbons (Fsp3) is 0.529. The summed E-state index contributed by atoms with van der Waals surface area (Å²) in [5.74, 6) is 0.644. The van der Waals surface area contributed by atoms with E-state index in [1.165, 1.54) is 36.8 Å². The Kier molecular flexibility index (Phi) is 10.9. The second-order valence-electron chi connectivity index (χ2n) is 13.7. The molecule has 4 atom stereocenters. The van der Waals surface area contributed by atoms with Gasteiger partial charge in [0.2, 0.25) is 11.8 Å². The number of ether oxygens (including phenoxy) is 1. The predicted molar refractivity (Wildman–Crippen MR) is 194 cm³/mol. The number of nitrogens with zero attached hydrogens (tertiary/aromatic N) is 7. The molecule has 6 rings (SSSR count). The molecule has 0 radical (unpaired) electrons. The second-order valence-corrected chi connectivity index (χ2v) is 15.8. The zero-order chi connectivity index (χ0) is 37.3. The van der Waals surface area contributed by atoms with Gasteiger partial charge in [0.1, 0.15) is 35.1 Å². The minimum atomic E-state index is -1.14. The Labute approximate surface area is 309 Å². The van der Waals surface area contributed by atoms with Crippen molar-refractivity contribution in [3.8, 4) is 31.2 Å². The lowest BCUT2D eigenvalue weighted by Gasteiger charge is -2.33. The quantitative estimate of drug-likeness (QED) is 0.154. The van der Waals surface area contributed by atoms with Crippen molar-refractivity contribution in [2.45, 2.75) is 77.5 Å². The van der Waals surface area contributed by atoms with Crippen LogP contribution < -0.4 is 5.32 Å². The molecule has 2 aliphatic heterocycles. The number of hydrogen-bond donors (Lipinski definition) is 4. The van der Waals surface area contributed by atoms with Gasteiger partial charge in [0.25, 0.3) is 0 Å². The van der Waals surface area contributed by atoms with Crippen LogP contribution in [0.3, 0.4) is 0 Å². The monoisotopic (exact) mass is 752 g/mol. The number of thiazole rings is 2. The fourth-order valence-corrected chi connectivity index (χ4v) is 8.73. The average molecular weight is 753 g/mol. The Morgan fingerprint density at radius 1 is 0.865 bits per heavy atom. The van der Waals surface area contributed by atoms with E-state index in [0.717, 1.165) is 50.4 Å². The van der Waals surface area contributed by atoms with Crippen LogP contribution in [0.2, 0.25) is 0 Å². The number of rotatable bonds is 11. The van der Waals surface area contributed by atoms with Gasteiger partial charge in [0.15, 0.2) is 10.0 Å². The van der Waals surface area contributed by atoms with Gasteiger partial charge in [-0.1, -0.05) is 27.7 Å². The number of carboxylic acid groups (broad SMARTS) is 1. The van der Waals surface area contributed by atoms with Gasteiger partial charge in [-0.2, -0.15) is 0 Å². The summed E-state index contributed by atoms with van der Waals surface area (Å²) in [5, 5.41) is 13.7. The van der Waals surface area contributed by atoms with Crippen LogP contribution in [0.5, 0.6) is 0 Å². The Morgan fingerprint density at radius 3 is 1.81 bits per heavy atom. The fourth-order valence-electron chi connectivity index (χ4n) is 6.94. The van der Waals surface area contributed by atoms with Gasteiger partial charge in [-0.05, 0) is 37.5 Å². The third kappa shape index (κ3) is 7.39. The van der Waals surface area contributed by atoms with E-state index in [1.54, 1.807) is 28.4 Å². The van der Waals surface area contributed by atoms with Crippen molar-refractivity contribution in [3.05, 3.63) is 36.4 Å². The molecule has 4 N–H and O–H groups in total. The Hall–Kier alpha value is -4.84. The molecule has 16 nitrogen and oxygen atoms in total. The number of carbonyl (C=O) groups excluding carboxylic acids is 3. The number of amides is 4. The van der Waals surface area contributed by atoms with Crippen molar-refractivity contribution in [1.82, 2.24) is 49.9 Å². The van der Waals surface area contributed by atoms with Crippen LogP contribution in [0.1, 0.15) is 77.1 Å². The highest BCUT2D eigenvalue weighted by molar-refractivity contribution is 7.24. The SMILES string of the molecule is COC(=O)N[C@@H](C(=O)N1CCC[C@H]1c1nc(-c2cnc(-c3ncc(-c4c[nH]c([C@@H]5CCCN5C(=O)[C@@H](C(C)C)N(C)C(=O)O)n4)s3)s2)c[nH]1)C(C)C. The summed E-state index contributed by atoms with van der Waals surface area (Å²) >= 11 is 2.92. The zero-order valence-corrected chi connectivity index (χ0v) is 31.6. The maximum Gasteiger partial charge on any atom is 0.407 e. The minimum absolute atomic E-state index is 0.123. The van der Waals surface area contributed by atoms with Crippen LogP contribution in [0.15, 0.2) is 24.8 Å². The molecule has 0 bridgehead atoms. The molecule has 18 heteroatoms. The van der Waals surface area contributed by atoms with Gasteiger partial charge < -0.3 is 34.9 Å². The molecule has 0 unspecified atom stereocenters. The van der Waals surface area contributed by atoms with E-state index in [-0.39, 0.29) is 35.7 Å². The maximum atomic E-state index is 13.6. The van der Waals surface area contributed by atoms with Crippen LogP contribution in [-0.4, -0.2) is 113 Å². The highest BCUT2D eigenvalue weighted by Crippen LogP contribution is 2.39. The highest BCUT2D eigenvalue weighted by Gasteiger charge is 2.40. The lowest BCUT2D eigenvalue weighted by Crippen LogP contribution is -2.51. The number of likely N-dealkylation sites (N-methyl/N-ethyl adjacent to an activating group) is 1. The van der Waals surface area contributed by atoms with E-state index >= 15 is 0 Å². The van der Waals surface area contributed by atoms with Crippen LogP contribution >= 0.6 is 22.7 Å². The van der Waals surface area contributed by atoms with Gasteiger partial charge in [-0.15, -0.1) is 22.7 Å². The number of hydrogen-bond acceptors (Lipinski definition) is 11. The number of nitrogens with one attached hydrogen (secondary N) is 3. The molecule has 2 aliphatic rings. The summed E-state index contributed by atoms with van der Waals surface area (Å²) in [6.07, 6.45) is 8.47. The molecule has 4 amide bonds. The number of carbonyl (C=O) groups is 4. The number of aromatic amines is 2. The summed E-state index contributed by atoms with van der Waals surface area (Å²) in [6.45, 7) is 8.57. The van der Waals surface area contributed by atoms with Crippen LogP contribution in [0.25, 0.3) is 31.2 Å². The largest absolute Gasteiger partial charge is 0.465 e. The zero-order valence-electron chi connectivity index (χ0n) is 30.0. The molecule has 0 aliphatic carbocycles. The summed E-state index contributed by atoms with van der Waals surface area (Å²) in [7, 11) is 2.71. The summed E-state index contributed by atoms with van der Waals surface area (Å²) in [6, 6.07) is -2.01. The molecular formula is C34H44N10O6S2. The van der Waals surface area contributed by atoms with Gasteiger partial charge in [0, 0.05) is 44.9 Å². The number of imidazole rings is 2.